The van der Waals surface area contributed by atoms with Gasteiger partial charge >= 0.3 is 0 Å². The van der Waals surface area contributed by atoms with E-state index in [4.69, 9.17) is 4.74 Å². The highest BCUT2D eigenvalue weighted by atomic mass is 32.2. The standard InChI is InChI=1S/C23H22N2O4S/c1-30(27,28)25-14-13-18-15-19(7-12-22(18)25)23(26)24-20-8-10-21(11-9-20)29-16-17-5-3-2-4-6-17/h2-12,15H,13-14,16H2,1H3,(H,24,26). The molecule has 1 aliphatic rings. The van der Waals surface area contributed by atoms with E-state index >= 15 is 0 Å². The summed E-state index contributed by atoms with van der Waals surface area (Å²) in [4.78, 5) is 12.6. The Kier molecular flexibility index (Phi) is 5.46. The number of sulfonamides is 1. The molecule has 6 nitrogen and oxygen atoms in total. The number of carbonyl (C=O) groups is 1. The van der Waals surface area contributed by atoms with Crippen LogP contribution >= 0.6 is 0 Å². The highest BCUT2D eigenvalue weighted by molar-refractivity contribution is 7.92. The minimum Gasteiger partial charge on any atom is -0.489 e. The van der Waals surface area contributed by atoms with E-state index in [1.54, 1.807) is 30.3 Å². The molecule has 0 atom stereocenters. The number of rotatable bonds is 6. The van der Waals surface area contributed by atoms with E-state index in [1.165, 1.54) is 10.6 Å². The van der Waals surface area contributed by atoms with Gasteiger partial charge in [0.15, 0.2) is 0 Å². The first-order valence-corrected chi connectivity index (χ1v) is 11.4. The van der Waals surface area contributed by atoms with Crippen LogP contribution in [0.15, 0.2) is 72.8 Å². The Bertz CT molecular complexity index is 1160. The fraction of sp³-hybridized carbons (Fsp3) is 0.174. The molecule has 1 amide bonds. The molecule has 1 heterocycles. The molecule has 0 saturated carbocycles. The molecule has 3 aromatic carbocycles. The summed E-state index contributed by atoms with van der Waals surface area (Å²) >= 11 is 0. The van der Waals surface area contributed by atoms with Crippen molar-refractivity contribution >= 4 is 27.3 Å². The lowest BCUT2D eigenvalue weighted by atomic mass is 10.1. The van der Waals surface area contributed by atoms with E-state index in [0.29, 0.717) is 36.5 Å². The summed E-state index contributed by atoms with van der Waals surface area (Å²) in [5.74, 6) is 0.476. The number of ether oxygens (including phenoxy) is 1. The Balaban J connectivity index is 1.39. The predicted molar refractivity (Wildman–Crippen MR) is 118 cm³/mol. The zero-order chi connectivity index (χ0) is 21.1. The van der Waals surface area contributed by atoms with Crippen LogP contribution < -0.4 is 14.4 Å². The van der Waals surface area contributed by atoms with Gasteiger partial charge in [-0.05, 0) is 60.0 Å². The second-order valence-corrected chi connectivity index (χ2v) is 9.09. The molecule has 30 heavy (non-hydrogen) atoms. The third-order valence-corrected chi connectivity index (χ3v) is 6.14. The third-order valence-electron chi connectivity index (χ3n) is 4.96. The highest BCUT2D eigenvalue weighted by Gasteiger charge is 2.26. The van der Waals surface area contributed by atoms with Crippen molar-refractivity contribution in [3.8, 4) is 5.75 Å². The maximum absolute atomic E-state index is 12.6. The van der Waals surface area contributed by atoms with Gasteiger partial charge in [-0.25, -0.2) is 8.42 Å². The van der Waals surface area contributed by atoms with Gasteiger partial charge in [0.2, 0.25) is 10.0 Å². The normalized spacial score (nSPS) is 13.0. The van der Waals surface area contributed by atoms with Crippen LogP contribution in [0.1, 0.15) is 21.5 Å². The van der Waals surface area contributed by atoms with Crippen molar-refractivity contribution in [2.24, 2.45) is 0 Å². The molecule has 0 spiro atoms. The van der Waals surface area contributed by atoms with E-state index in [-0.39, 0.29) is 5.91 Å². The Morgan fingerprint density at radius 1 is 1.03 bits per heavy atom. The first-order chi connectivity index (χ1) is 14.4. The maximum atomic E-state index is 12.6. The number of hydrogen-bond acceptors (Lipinski definition) is 4. The Morgan fingerprint density at radius 2 is 1.77 bits per heavy atom. The van der Waals surface area contributed by atoms with Crippen LogP contribution in [0.4, 0.5) is 11.4 Å². The van der Waals surface area contributed by atoms with Gasteiger partial charge in [-0.1, -0.05) is 30.3 Å². The second kappa shape index (κ2) is 8.20. The quantitative estimate of drug-likeness (QED) is 0.655. The molecule has 0 bridgehead atoms. The lowest BCUT2D eigenvalue weighted by Crippen LogP contribution is -2.27. The lowest BCUT2D eigenvalue weighted by molar-refractivity contribution is 0.102. The minimum atomic E-state index is -3.30. The van der Waals surface area contributed by atoms with E-state index in [2.05, 4.69) is 5.32 Å². The number of anilines is 2. The van der Waals surface area contributed by atoms with E-state index in [0.717, 1.165) is 16.9 Å². The molecule has 1 aliphatic heterocycles. The van der Waals surface area contributed by atoms with Gasteiger partial charge in [0.1, 0.15) is 12.4 Å². The van der Waals surface area contributed by atoms with Crippen molar-refractivity contribution in [2.45, 2.75) is 13.0 Å². The van der Waals surface area contributed by atoms with Crippen LogP contribution in [0, 0.1) is 0 Å². The number of benzene rings is 3. The number of hydrogen-bond donors (Lipinski definition) is 1. The minimum absolute atomic E-state index is 0.242. The molecule has 0 unspecified atom stereocenters. The van der Waals surface area contributed by atoms with Crippen LogP contribution in [0.2, 0.25) is 0 Å². The fourth-order valence-electron chi connectivity index (χ4n) is 3.44. The summed E-state index contributed by atoms with van der Waals surface area (Å²) < 4.78 is 30.8. The average molecular weight is 423 g/mol. The van der Waals surface area contributed by atoms with E-state index in [9.17, 15) is 13.2 Å². The smallest absolute Gasteiger partial charge is 0.255 e. The van der Waals surface area contributed by atoms with Crippen molar-refractivity contribution < 1.29 is 17.9 Å². The van der Waals surface area contributed by atoms with Gasteiger partial charge in [-0.2, -0.15) is 0 Å². The van der Waals surface area contributed by atoms with Crippen molar-refractivity contribution in [3.63, 3.8) is 0 Å². The summed E-state index contributed by atoms with van der Waals surface area (Å²) in [7, 11) is -3.30. The molecule has 0 fully saturated rings. The monoisotopic (exact) mass is 422 g/mol. The van der Waals surface area contributed by atoms with Gasteiger partial charge in [0.05, 0.1) is 11.9 Å². The second-order valence-electron chi connectivity index (χ2n) is 7.18. The van der Waals surface area contributed by atoms with Gasteiger partial charge in [0.25, 0.3) is 5.91 Å². The van der Waals surface area contributed by atoms with Crippen molar-refractivity contribution in [1.82, 2.24) is 0 Å². The first kappa shape index (κ1) is 20.0. The Morgan fingerprint density at radius 3 is 2.47 bits per heavy atom. The molecule has 4 rings (SSSR count). The number of carbonyl (C=O) groups excluding carboxylic acids is 1. The number of amides is 1. The summed E-state index contributed by atoms with van der Waals surface area (Å²) in [6, 6.07) is 22.2. The van der Waals surface area contributed by atoms with Gasteiger partial charge < -0.3 is 10.1 Å². The molecule has 3 aromatic rings. The molecular formula is C23H22N2O4S. The molecule has 0 radical (unpaired) electrons. The molecular weight excluding hydrogens is 400 g/mol. The van der Waals surface area contributed by atoms with Crippen molar-refractivity contribution in [1.29, 1.82) is 0 Å². The van der Waals surface area contributed by atoms with Crippen molar-refractivity contribution in [2.75, 3.05) is 22.4 Å². The zero-order valence-corrected chi connectivity index (χ0v) is 17.4. The van der Waals surface area contributed by atoms with Gasteiger partial charge in [-0.3, -0.25) is 9.10 Å². The van der Waals surface area contributed by atoms with Crippen LogP contribution in [-0.2, 0) is 23.1 Å². The Hall–Kier alpha value is -3.32. The number of fused-ring (bicyclic) bond motifs is 1. The SMILES string of the molecule is CS(=O)(=O)N1CCc2cc(C(=O)Nc3ccc(OCc4ccccc4)cc3)ccc21. The van der Waals surface area contributed by atoms with Crippen LogP contribution in [-0.4, -0.2) is 27.1 Å². The highest BCUT2D eigenvalue weighted by Crippen LogP contribution is 2.31. The first-order valence-electron chi connectivity index (χ1n) is 9.59. The van der Waals surface area contributed by atoms with Crippen molar-refractivity contribution in [3.05, 3.63) is 89.5 Å². The third kappa shape index (κ3) is 4.46. The van der Waals surface area contributed by atoms with E-state index in [1.807, 2.05) is 42.5 Å². The molecule has 0 saturated heterocycles. The molecule has 1 N–H and O–H groups in total. The summed E-state index contributed by atoms with van der Waals surface area (Å²) in [5.41, 5.74) is 3.74. The van der Waals surface area contributed by atoms with Crippen LogP contribution in [0.25, 0.3) is 0 Å². The molecule has 154 valence electrons. The summed E-state index contributed by atoms with van der Waals surface area (Å²) in [5, 5.41) is 2.87. The molecule has 0 aromatic heterocycles. The lowest BCUT2D eigenvalue weighted by Gasteiger charge is -2.16. The van der Waals surface area contributed by atoms with E-state index < -0.39 is 10.0 Å². The fourth-order valence-corrected chi connectivity index (χ4v) is 4.39. The average Bonchev–Trinajstić information content (AvgIpc) is 3.18. The zero-order valence-electron chi connectivity index (χ0n) is 16.5. The Labute approximate surface area is 176 Å². The predicted octanol–water partition coefficient (Wildman–Crippen LogP) is 3.84. The number of nitrogens with one attached hydrogen (secondary N) is 1. The van der Waals surface area contributed by atoms with Crippen LogP contribution in [0.3, 0.4) is 0 Å². The largest absolute Gasteiger partial charge is 0.489 e. The molecule has 7 heteroatoms. The summed E-state index contributed by atoms with van der Waals surface area (Å²) in [6.07, 6.45) is 1.78. The van der Waals surface area contributed by atoms with Gasteiger partial charge in [-0.15, -0.1) is 0 Å². The molecule has 0 aliphatic carbocycles. The van der Waals surface area contributed by atoms with Gasteiger partial charge in [0, 0.05) is 17.8 Å². The maximum Gasteiger partial charge on any atom is 0.255 e. The number of nitrogens with zero attached hydrogens (tertiary/aromatic N) is 1. The summed E-state index contributed by atoms with van der Waals surface area (Å²) in [6.45, 7) is 0.885. The van der Waals surface area contributed by atoms with Crippen LogP contribution in [0.5, 0.6) is 5.75 Å². The topological polar surface area (TPSA) is 75.7 Å².